The molecule has 0 aromatic carbocycles. The lowest BCUT2D eigenvalue weighted by Gasteiger charge is -2.13. The highest BCUT2D eigenvalue weighted by Gasteiger charge is 2.20. The fourth-order valence-electron chi connectivity index (χ4n) is 2.59. The predicted molar refractivity (Wildman–Crippen MR) is 73.4 cm³/mol. The third-order valence-corrected chi connectivity index (χ3v) is 3.52. The minimum absolute atomic E-state index is 0.848. The van der Waals surface area contributed by atoms with Crippen molar-refractivity contribution < 1.29 is 0 Å². The fraction of sp³-hybridized carbons (Fsp3) is 0.643. The molecule has 0 bridgehead atoms. The van der Waals surface area contributed by atoms with Crippen LogP contribution in [0.1, 0.15) is 33.1 Å². The number of aromatic nitrogens is 1. The zero-order chi connectivity index (χ0) is 12.1. The van der Waals surface area contributed by atoms with Gasteiger partial charge in [-0.3, -0.25) is 0 Å². The van der Waals surface area contributed by atoms with Gasteiger partial charge in [0, 0.05) is 31.0 Å². The second-order valence-corrected chi connectivity index (χ2v) is 5.13. The van der Waals surface area contributed by atoms with E-state index in [0.717, 1.165) is 30.7 Å². The number of hydrogen-bond donors (Lipinski definition) is 2. The van der Waals surface area contributed by atoms with E-state index in [1.807, 2.05) is 12.3 Å². The zero-order valence-corrected chi connectivity index (χ0v) is 10.9. The van der Waals surface area contributed by atoms with E-state index in [1.54, 1.807) is 0 Å². The number of nitrogens with one attached hydrogen (secondary N) is 2. The average Bonchev–Trinajstić information content (AvgIpc) is 2.74. The molecule has 1 saturated carbocycles. The molecule has 2 unspecified atom stereocenters. The molecule has 1 aliphatic rings. The highest BCUT2D eigenvalue weighted by atomic mass is 15.0. The molecule has 17 heavy (non-hydrogen) atoms. The Labute approximate surface area is 104 Å². The molecule has 0 aliphatic heterocycles. The molecule has 1 aromatic heterocycles. The van der Waals surface area contributed by atoms with Crippen molar-refractivity contribution in [3.8, 4) is 0 Å². The minimum Gasteiger partial charge on any atom is -0.385 e. The quantitative estimate of drug-likeness (QED) is 0.818. The summed E-state index contributed by atoms with van der Waals surface area (Å²) >= 11 is 0. The molecule has 1 aromatic rings. The topological polar surface area (TPSA) is 37.0 Å². The first kappa shape index (κ1) is 12.2. The van der Waals surface area contributed by atoms with Crippen molar-refractivity contribution in [2.75, 3.05) is 23.7 Å². The van der Waals surface area contributed by atoms with Gasteiger partial charge in [0.15, 0.2) is 0 Å². The van der Waals surface area contributed by atoms with Crippen LogP contribution in [-0.4, -0.2) is 18.1 Å². The van der Waals surface area contributed by atoms with Gasteiger partial charge in [-0.15, -0.1) is 0 Å². The first-order chi connectivity index (χ1) is 8.28. The van der Waals surface area contributed by atoms with Crippen molar-refractivity contribution in [3.63, 3.8) is 0 Å². The highest BCUT2D eigenvalue weighted by Crippen LogP contribution is 2.30. The molecule has 2 N–H and O–H groups in total. The summed E-state index contributed by atoms with van der Waals surface area (Å²) in [5, 5.41) is 6.76. The molecule has 1 heterocycles. The summed E-state index contributed by atoms with van der Waals surface area (Å²) in [6.45, 7) is 6.45. The summed E-state index contributed by atoms with van der Waals surface area (Å²) in [6.07, 6.45) is 6.00. The van der Waals surface area contributed by atoms with Gasteiger partial charge in [-0.2, -0.15) is 0 Å². The van der Waals surface area contributed by atoms with Crippen molar-refractivity contribution in [1.82, 2.24) is 4.98 Å². The van der Waals surface area contributed by atoms with Gasteiger partial charge in [-0.1, -0.05) is 13.3 Å². The van der Waals surface area contributed by atoms with Gasteiger partial charge >= 0.3 is 0 Å². The van der Waals surface area contributed by atoms with Crippen LogP contribution in [0.5, 0.6) is 0 Å². The Balaban J connectivity index is 1.83. The van der Waals surface area contributed by atoms with Gasteiger partial charge in [-0.05, 0) is 37.7 Å². The van der Waals surface area contributed by atoms with Crippen molar-refractivity contribution in [2.45, 2.75) is 33.1 Å². The SMILES string of the molecule is CCNc1cc(NCC2CCC(C)C2)ccn1. The zero-order valence-electron chi connectivity index (χ0n) is 10.9. The van der Waals surface area contributed by atoms with Crippen LogP contribution in [0.4, 0.5) is 11.5 Å². The number of nitrogens with zero attached hydrogens (tertiary/aromatic N) is 1. The van der Waals surface area contributed by atoms with E-state index in [4.69, 9.17) is 0 Å². The van der Waals surface area contributed by atoms with Crippen molar-refractivity contribution in [2.24, 2.45) is 11.8 Å². The van der Waals surface area contributed by atoms with E-state index in [1.165, 1.54) is 24.9 Å². The lowest BCUT2D eigenvalue weighted by Crippen LogP contribution is -2.11. The number of hydrogen-bond acceptors (Lipinski definition) is 3. The van der Waals surface area contributed by atoms with Gasteiger partial charge in [0.05, 0.1) is 0 Å². The van der Waals surface area contributed by atoms with E-state index in [0.29, 0.717) is 0 Å². The largest absolute Gasteiger partial charge is 0.385 e. The highest BCUT2D eigenvalue weighted by molar-refractivity contribution is 5.51. The van der Waals surface area contributed by atoms with Crippen LogP contribution >= 0.6 is 0 Å². The molecule has 0 saturated heterocycles. The standard InChI is InChI=1S/C14H23N3/c1-3-15-14-9-13(6-7-16-14)17-10-12-5-4-11(2)8-12/h6-7,9,11-12H,3-5,8,10H2,1-2H3,(H2,15,16,17). The molecule has 0 radical (unpaired) electrons. The summed E-state index contributed by atoms with van der Waals surface area (Å²) in [5.74, 6) is 2.72. The van der Waals surface area contributed by atoms with Crippen molar-refractivity contribution >= 4 is 11.5 Å². The van der Waals surface area contributed by atoms with E-state index in [-0.39, 0.29) is 0 Å². The molecule has 2 rings (SSSR count). The Morgan fingerprint density at radius 3 is 2.94 bits per heavy atom. The first-order valence-corrected chi connectivity index (χ1v) is 6.71. The number of pyridine rings is 1. The summed E-state index contributed by atoms with van der Waals surface area (Å²) in [6, 6.07) is 4.13. The third kappa shape index (κ3) is 3.62. The number of anilines is 2. The Kier molecular flexibility index (Phi) is 4.24. The van der Waals surface area contributed by atoms with Crippen LogP contribution in [0.15, 0.2) is 18.3 Å². The fourth-order valence-corrected chi connectivity index (χ4v) is 2.59. The van der Waals surface area contributed by atoms with Gasteiger partial charge in [0.25, 0.3) is 0 Å². The molecule has 1 fully saturated rings. The lowest BCUT2D eigenvalue weighted by molar-refractivity contribution is 0.537. The lowest BCUT2D eigenvalue weighted by atomic mass is 10.1. The molecule has 94 valence electrons. The summed E-state index contributed by atoms with van der Waals surface area (Å²) in [4.78, 5) is 4.27. The monoisotopic (exact) mass is 233 g/mol. The Hall–Kier alpha value is -1.25. The van der Waals surface area contributed by atoms with Gasteiger partial charge in [0.2, 0.25) is 0 Å². The Bertz CT molecular complexity index is 351. The molecule has 3 nitrogen and oxygen atoms in total. The molecule has 3 heteroatoms. The van der Waals surface area contributed by atoms with E-state index in [9.17, 15) is 0 Å². The van der Waals surface area contributed by atoms with E-state index in [2.05, 4.69) is 35.5 Å². The molecule has 0 amide bonds. The van der Waals surface area contributed by atoms with Gasteiger partial charge < -0.3 is 10.6 Å². The first-order valence-electron chi connectivity index (χ1n) is 6.71. The van der Waals surface area contributed by atoms with Crippen LogP contribution in [0, 0.1) is 11.8 Å². The van der Waals surface area contributed by atoms with E-state index < -0.39 is 0 Å². The third-order valence-electron chi connectivity index (χ3n) is 3.52. The molecular formula is C14H23N3. The maximum atomic E-state index is 4.27. The Morgan fingerprint density at radius 1 is 1.35 bits per heavy atom. The summed E-state index contributed by atoms with van der Waals surface area (Å²) in [7, 11) is 0. The maximum absolute atomic E-state index is 4.27. The van der Waals surface area contributed by atoms with Crippen LogP contribution < -0.4 is 10.6 Å². The van der Waals surface area contributed by atoms with Gasteiger partial charge in [-0.25, -0.2) is 4.98 Å². The smallest absolute Gasteiger partial charge is 0.127 e. The minimum atomic E-state index is 0.848. The molecule has 2 atom stereocenters. The van der Waals surface area contributed by atoms with Crippen LogP contribution in [0.25, 0.3) is 0 Å². The van der Waals surface area contributed by atoms with Crippen LogP contribution in [0.2, 0.25) is 0 Å². The number of rotatable bonds is 5. The predicted octanol–water partition coefficient (Wildman–Crippen LogP) is 3.36. The van der Waals surface area contributed by atoms with Crippen LogP contribution in [-0.2, 0) is 0 Å². The second-order valence-electron chi connectivity index (χ2n) is 5.13. The van der Waals surface area contributed by atoms with Crippen molar-refractivity contribution in [3.05, 3.63) is 18.3 Å². The molecule has 0 spiro atoms. The normalized spacial score (nSPS) is 23.6. The average molecular weight is 233 g/mol. The second kappa shape index (κ2) is 5.89. The Morgan fingerprint density at radius 2 is 2.24 bits per heavy atom. The summed E-state index contributed by atoms with van der Waals surface area (Å²) < 4.78 is 0. The van der Waals surface area contributed by atoms with Gasteiger partial charge in [0.1, 0.15) is 5.82 Å². The maximum Gasteiger partial charge on any atom is 0.127 e. The summed E-state index contributed by atoms with van der Waals surface area (Å²) in [5.41, 5.74) is 1.18. The van der Waals surface area contributed by atoms with Crippen LogP contribution in [0.3, 0.4) is 0 Å². The van der Waals surface area contributed by atoms with Crippen molar-refractivity contribution in [1.29, 1.82) is 0 Å². The molecule has 1 aliphatic carbocycles. The molecular weight excluding hydrogens is 210 g/mol. The van der Waals surface area contributed by atoms with E-state index >= 15 is 0 Å².